The summed E-state index contributed by atoms with van der Waals surface area (Å²) in [7, 11) is 0. The van der Waals surface area contributed by atoms with Crippen LogP contribution in [0.2, 0.25) is 0 Å². The standard InChI is InChI=1S/C15H21N3O2/c1-12-15(4-7-16-8-5-15)20-11-14(19)18(12)10-13-3-2-6-17-9-13/h2-3,6,9,12,16H,4-5,7-8,10-11H2,1H3. The van der Waals surface area contributed by atoms with E-state index < -0.39 is 0 Å². The number of morpholine rings is 1. The lowest BCUT2D eigenvalue weighted by molar-refractivity contribution is -0.183. The first-order chi connectivity index (χ1) is 9.71. The van der Waals surface area contributed by atoms with Gasteiger partial charge in [0.15, 0.2) is 0 Å². The van der Waals surface area contributed by atoms with Gasteiger partial charge in [0, 0.05) is 18.9 Å². The molecule has 0 aliphatic carbocycles. The minimum Gasteiger partial charge on any atom is -0.363 e. The van der Waals surface area contributed by atoms with Crippen molar-refractivity contribution >= 4 is 5.91 Å². The highest BCUT2D eigenvalue weighted by atomic mass is 16.5. The molecule has 2 fully saturated rings. The Morgan fingerprint density at radius 3 is 3.00 bits per heavy atom. The summed E-state index contributed by atoms with van der Waals surface area (Å²) in [6.07, 6.45) is 5.50. The molecule has 5 heteroatoms. The van der Waals surface area contributed by atoms with Crippen molar-refractivity contribution in [3.05, 3.63) is 30.1 Å². The van der Waals surface area contributed by atoms with E-state index in [1.54, 1.807) is 6.20 Å². The number of nitrogens with zero attached hydrogens (tertiary/aromatic N) is 2. The summed E-state index contributed by atoms with van der Waals surface area (Å²) in [6, 6.07) is 4.02. The van der Waals surface area contributed by atoms with Crippen LogP contribution in [-0.2, 0) is 16.1 Å². The molecule has 3 heterocycles. The number of rotatable bonds is 2. The van der Waals surface area contributed by atoms with Crippen molar-refractivity contribution in [3.63, 3.8) is 0 Å². The predicted octanol–water partition coefficient (Wildman–Crippen LogP) is 0.951. The molecule has 2 aliphatic rings. The van der Waals surface area contributed by atoms with Crippen LogP contribution >= 0.6 is 0 Å². The Kier molecular flexibility index (Phi) is 3.72. The van der Waals surface area contributed by atoms with E-state index in [9.17, 15) is 4.79 Å². The highest BCUT2D eigenvalue weighted by molar-refractivity contribution is 5.78. The molecule has 1 unspecified atom stereocenters. The number of piperidine rings is 1. The van der Waals surface area contributed by atoms with Crippen LogP contribution in [-0.4, -0.2) is 47.1 Å². The Bertz CT molecular complexity index is 471. The van der Waals surface area contributed by atoms with Crippen LogP contribution in [0.15, 0.2) is 24.5 Å². The van der Waals surface area contributed by atoms with Gasteiger partial charge in [-0.25, -0.2) is 0 Å². The van der Waals surface area contributed by atoms with Crippen molar-refractivity contribution in [1.29, 1.82) is 0 Å². The van der Waals surface area contributed by atoms with Crippen molar-refractivity contribution < 1.29 is 9.53 Å². The number of aromatic nitrogens is 1. The van der Waals surface area contributed by atoms with Gasteiger partial charge in [0.1, 0.15) is 6.61 Å². The largest absolute Gasteiger partial charge is 0.363 e. The van der Waals surface area contributed by atoms with Crippen molar-refractivity contribution in [2.75, 3.05) is 19.7 Å². The third-order valence-electron chi connectivity index (χ3n) is 4.56. The van der Waals surface area contributed by atoms with Gasteiger partial charge in [-0.05, 0) is 44.5 Å². The maximum absolute atomic E-state index is 12.2. The molecule has 108 valence electrons. The van der Waals surface area contributed by atoms with Gasteiger partial charge in [-0.15, -0.1) is 0 Å². The summed E-state index contributed by atoms with van der Waals surface area (Å²) in [4.78, 5) is 18.3. The summed E-state index contributed by atoms with van der Waals surface area (Å²) >= 11 is 0. The average molecular weight is 275 g/mol. The van der Waals surface area contributed by atoms with Crippen LogP contribution in [0.5, 0.6) is 0 Å². The minimum absolute atomic E-state index is 0.0745. The third-order valence-corrected chi connectivity index (χ3v) is 4.56. The lowest BCUT2D eigenvalue weighted by atomic mass is 9.83. The topological polar surface area (TPSA) is 54.5 Å². The van der Waals surface area contributed by atoms with Gasteiger partial charge >= 0.3 is 0 Å². The van der Waals surface area contributed by atoms with E-state index in [2.05, 4.69) is 17.2 Å². The number of hydrogen-bond donors (Lipinski definition) is 1. The fourth-order valence-electron chi connectivity index (χ4n) is 3.23. The Hall–Kier alpha value is -1.46. The quantitative estimate of drug-likeness (QED) is 0.873. The van der Waals surface area contributed by atoms with Crippen molar-refractivity contribution in [2.45, 2.75) is 38.0 Å². The minimum atomic E-state index is -0.179. The zero-order valence-corrected chi connectivity index (χ0v) is 11.8. The maximum Gasteiger partial charge on any atom is 0.249 e. The van der Waals surface area contributed by atoms with E-state index in [0.29, 0.717) is 6.54 Å². The summed E-state index contributed by atoms with van der Waals surface area (Å²) in [5.74, 6) is 0.0745. The van der Waals surface area contributed by atoms with E-state index in [-0.39, 0.29) is 24.2 Å². The first-order valence-corrected chi connectivity index (χ1v) is 7.24. The van der Waals surface area contributed by atoms with Gasteiger partial charge in [-0.2, -0.15) is 0 Å². The maximum atomic E-state index is 12.2. The highest BCUT2D eigenvalue weighted by Gasteiger charge is 2.46. The van der Waals surface area contributed by atoms with Crippen LogP contribution in [0.25, 0.3) is 0 Å². The predicted molar refractivity (Wildman–Crippen MR) is 75.0 cm³/mol. The second-order valence-electron chi connectivity index (χ2n) is 5.66. The number of ether oxygens (including phenoxy) is 1. The van der Waals surface area contributed by atoms with Crippen molar-refractivity contribution in [3.8, 4) is 0 Å². The van der Waals surface area contributed by atoms with E-state index in [1.165, 1.54) is 0 Å². The zero-order chi connectivity index (χ0) is 14.0. The van der Waals surface area contributed by atoms with Crippen LogP contribution in [0, 0.1) is 0 Å². The molecule has 2 aliphatic heterocycles. The molecule has 1 atom stereocenters. The third kappa shape index (κ3) is 2.43. The number of carbonyl (C=O) groups is 1. The molecule has 1 aromatic heterocycles. The molecule has 0 bridgehead atoms. The van der Waals surface area contributed by atoms with Crippen LogP contribution in [0.4, 0.5) is 0 Å². The second-order valence-corrected chi connectivity index (χ2v) is 5.66. The van der Waals surface area contributed by atoms with E-state index in [1.807, 2.05) is 23.2 Å². The lowest BCUT2D eigenvalue weighted by Gasteiger charge is -2.50. The lowest BCUT2D eigenvalue weighted by Crippen LogP contribution is -2.63. The number of amides is 1. The molecule has 20 heavy (non-hydrogen) atoms. The fraction of sp³-hybridized carbons (Fsp3) is 0.600. The highest BCUT2D eigenvalue weighted by Crippen LogP contribution is 2.34. The molecular weight excluding hydrogens is 254 g/mol. The molecule has 3 rings (SSSR count). The Morgan fingerprint density at radius 2 is 2.30 bits per heavy atom. The SMILES string of the molecule is CC1N(Cc2cccnc2)C(=O)COC12CCNCC2. The molecule has 0 saturated carbocycles. The average Bonchev–Trinajstić information content (AvgIpc) is 2.50. The Labute approximate surface area is 119 Å². The normalized spacial score (nSPS) is 25.9. The van der Waals surface area contributed by atoms with Crippen LogP contribution < -0.4 is 5.32 Å². The molecule has 0 radical (unpaired) electrons. The van der Waals surface area contributed by atoms with Gasteiger partial charge in [0.05, 0.1) is 11.6 Å². The number of carbonyl (C=O) groups excluding carboxylic acids is 1. The smallest absolute Gasteiger partial charge is 0.249 e. The summed E-state index contributed by atoms with van der Waals surface area (Å²) in [5, 5.41) is 3.36. The molecule has 2 saturated heterocycles. The van der Waals surface area contributed by atoms with Crippen LogP contribution in [0.1, 0.15) is 25.3 Å². The summed E-state index contributed by atoms with van der Waals surface area (Å²) in [6.45, 7) is 4.84. The fourth-order valence-corrected chi connectivity index (χ4v) is 3.23. The molecule has 1 spiro atoms. The zero-order valence-electron chi connectivity index (χ0n) is 11.8. The van der Waals surface area contributed by atoms with E-state index in [0.717, 1.165) is 31.5 Å². The van der Waals surface area contributed by atoms with Gasteiger partial charge in [0.2, 0.25) is 5.91 Å². The number of hydrogen-bond acceptors (Lipinski definition) is 4. The van der Waals surface area contributed by atoms with Gasteiger partial charge in [-0.3, -0.25) is 9.78 Å². The summed E-state index contributed by atoms with van der Waals surface area (Å²) < 4.78 is 5.95. The van der Waals surface area contributed by atoms with Gasteiger partial charge in [0.25, 0.3) is 0 Å². The Morgan fingerprint density at radius 1 is 1.50 bits per heavy atom. The molecule has 0 aromatic carbocycles. The molecule has 1 N–H and O–H groups in total. The molecular formula is C15H21N3O2. The monoisotopic (exact) mass is 275 g/mol. The second kappa shape index (κ2) is 5.50. The van der Waals surface area contributed by atoms with Crippen LogP contribution in [0.3, 0.4) is 0 Å². The number of pyridine rings is 1. The van der Waals surface area contributed by atoms with Gasteiger partial charge < -0.3 is 15.0 Å². The Balaban J connectivity index is 1.79. The number of nitrogens with one attached hydrogen (secondary N) is 1. The van der Waals surface area contributed by atoms with Gasteiger partial charge in [-0.1, -0.05) is 6.07 Å². The first kappa shape index (κ1) is 13.5. The molecule has 1 amide bonds. The van der Waals surface area contributed by atoms with Crippen molar-refractivity contribution in [1.82, 2.24) is 15.2 Å². The van der Waals surface area contributed by atoms with Crippen molar-refractivity contribution in [2.24, 2.45) is 0 Å². The van der Waals surface area contributed by atoms with E-state index in [4.69, 9.17) is 4.74 Å². The molecule has 1 aromatic rings. The van der Waals surface area contributed by atoms with E-state index >= 15 is 0 Å². The molecule has 5 nitrogen and oxygen atoms in total. The summed E-state index contributed by atoms with van der Waals surface area (Å²) in [5.41, 5.74) is 0.889. The first-order valence-electron chi connectivity index (χ1n) is 7.24.